The van der Waals surface area contributed by atoms with E-state index in [1.54, 1.807) is 19.1 Å². The average Bonchev–Trinajstić information content (AvgIpc) is 2.55. The first-order valence-corrected chi connectivity index (χ1v) is 8.29. The Bertz CT molecular complexity index is 508. The zero-order valence-corrected chi connectivity index (χ0v) is 14.5. The maximum atomic E-state index is 12.9. The van der Waals surface area contributed by atoms with E-state index in [1.807, 2.05) is 29.2 Å². The third-order valence-corrected chi connectivity index (χ3v) is 4.86. The molecule has 0 spiro atoms. The van der Waals surface area contributed by atoms with Gasteiger partial charge >= 0.3 is 6.03 Å². The number of hydrogen-bond donors (Lipinski definition) is 1. The Kier molecular flexibility index (Phi) is 5.88. The van der Waals surface area contributed by atoms with Gasteiger partial charge in [0.15, 0.2) is 0 Å². The summed E-state index contributed by atoms with van der Waals surface area (Å²) < 4.78 is 5.16. The van der Waals surface area contributed by atoms with Crippen LogP contribution in [0.3, 0.4) is 0 Å². The number of nitrogens with zero attached hydrogens (tertiary/aromatic N) is 2. The predicted octanol–water partition coefficient (Wildman–Crippen LogP) is 3.04. The van der Waals surface area contributed by atoms with E-state index >= 15 is 0 Å². The van der Waals surface area contributed by atoms with Crippen molar-refractivity contribution in [2.24, 2.45) is 0 Å². The van der Waals surface area contributed by atoms with Crippen LogP contribution in [0.15, 0.2) is 24.3 Å². The number of aliphatic hydroxyl groups excluding tert-OH is 1. The molecule has 0 bridgehead atoms. The van der Waals surface area contributed by atoms with Crippen molar-refractivity contribution in [1.29, 1.82) is 0 Å². The van der Waals surface area contributed by atoms with Gasteiger partial charge in [0.2, 0.25) is 0 Å². The molecule has 1 aromatic carbocycles. The molecule has 128 valence electrons. The summed E-state index contributed by atoms with van der Waals surface area (Å²) in [6.07, 6.45) is 3.24. The molecule has 3 atom stereocenters. The van der Waals surface area contributed by atoms with E-state index in [0.717, 1.165) is 30.6 Å². The van der Waals surface area contributed by atoms with Crippen molar-refractivity contribution in [3.05, 3.63) is 29.8 Å². The zero-order valence-electron chi connectivity index (χ0n) is 14.5. The van der Waals surface area contributed by atoms with Gasteiger partial charge in [-0.1, -0.05) is 12.1 Å². The molecule has 1 N–H and O–H groups in total. The van der Waals surface area contributed by atoms with Gasteiger partial charge in [-0.3, -0.25) is 0 Å². The number of methoxy groups -OCH3 is 1. The third-order valence-electron chi connectivity index (χ3n) is 4.86. The van der Waals surface area contributed by atoms with Gasteiger partial charge in [-0.2, -0.15) is 0 Å². The highest BCUT2D eigenvalue weighted by Crippen LogP contribution is 2.27. The molecule has 1 aliphatic heterocycles. The molecule has 0 saturated carbocycles. The summed E-state index contributed by atoms with van der Waals surface area (Å²) in [5.41, 5.74) is 0.904. The molecule has 0 aliphatic carbocycles. The lowest BCUT2D eigenvalue weighted by molar-refractivity contribution is 0.0764. The first-order valence-electron chi connectivity index (χ1n) is 8.29. The summed E-state index contributed by atoms with van der Waals surface area (Å²) in [6.45, 7) is 4.09. The molecule has 0 aromatic heterocycles. The number of piperidine rings is 1. The summed E-state index contributed by atoms with van der Waals surface area (Å²) in [5, 5.41) is 9.81. The third kappa shape index (κ3) is 3.78. The van der Waals surface area contributed by atoms with Gasteiger partial charge in [-0.25, -0.2) is 4.79 Å². The van der Waals surface area contributed by atoms with Crippen molar-refractivity contribution in [3.63, 3.8) is 0 Å². The number of hydrogen-bond acceptors (Lipinski definition) is 3. The van der Waals surface area contributed by atoms with Gasteiger partial charge in [0.05, 0.1) is 19.8 Å². The van der Waals surface area contributed by atoms with Crippen molar-refractivity contribution in [2.75, 3.05) is 20.8 Å². The maximum Gasteiger partial charge on any atom is 0.320 e. The molecule has 1 aliphatic rings. The molecule has 1 aromatic rings. The second-order valence-corrected chi connectivity index (χ2v) is 6.40. The minimum absolute atomic E-state index is 0.0143. The van der Waals surface area contributed by atoms with Gasteiger partial charge in [0.1, 0.15) is 5.75 Å². The molecule has 1 heterocycles. The van der Waals surface area contributed by atoms with Crippen LogP contribution in [0.25, 0.3) is 0 Å². The Hall–Kier alpha value is -1.75. The first kappa shape index (κ1) is 17.6. The number of carbonyl (C=O) groups is 1. The highest BCUT2D eigenvalue weighted by atomic mass is 16.5. The second-order valence-electron chi connectivity index (χ2n) is 6.40. The Labute approximate surface area is 138 Å². The smallest absolute Gasteiger partial charge is 0.320 e. The molecule has 3 unspecified atom stereocenters. The second kappa shape index (κ2) is 7.68. The van der Waals surface area contributed by atoms with Gasteiger partial charge in [0, 0.05) is 19.1 Å². The summed E-state index contributed by atoms with van der Waals surface area (Å²) in [5.74, 6) is 0.762. The number of likely N-dealkylation sites (tertiary alicyclic amines) is 1. The Balaban J connectivity index is 2.17. The van der Waals surface area contributed by atoms with Crippen LogP contribution >= 0.6 is 0 Å². The molecule has 1 saturated heterocycles. The zero-order chi connectivity index (χ0) is 17.0. The highest BCUT2D eigenvalue weighted by Gasteiger charge is 2.33. The fraction of sp³-hybridized carbons (Fsp3) is 0.611. The van der Waals surface area contributed by atoms with Crippen molar-refractivity contribution in [3.8, 4) is 5.75 Å². The van der Waals surface area contributed by atoms with Crippen LogP contribution in [0.2, 0.25) is 0 Å². The number of rotatable bonds is 4. The number of likely N-dealkylation sites (N-methyl/N-ethyl adjacent to an activating group) is 1. The van der Waals surface area contributed by atoms with E-state index in [1.165, 1.54) is 0 Å². The van der Waals surface area contributed by atoms with E-state index in [9.17, 15) is 9.90 Å². The fourth-order valence-electron chi connectivity index (χ4n) is 3.39. The molecule has 5 nitrogen and oxygen atoms in total. The molecule has 2 amide bonds. The Morgan fingerprint density at radius 3 is 2.35 bits per heavy atom. The van der Waals surface area contributed by atoms with Gasteiger partial charge in [-0.05, 0) is 50.8 Å². The lowest BCUT2D eigenvalue weighted by Gasteiger charge is -2.42. The van der Waals surface area contributed by atoms with E-state index in [0.29, 0.717) is 0 Å². The molecule has 0 radical (unpaired) electrons. The number of ether oxygens (including phenoxy) is 1. The summed E-state index contributed by atoms with van der Waals surface area (Å²) >= 11 is 0. The van der Waals surface area contributed by atoms with Crippen molar-refractivity contribution in [2.45, 2.75) is 51.2 Å². The SMILES string of the molecule is COc1ccc(C(CO)N(C)C(=O)N2C(C)CCCC2C)cc1. The number of amides is 2. The molecule has 1 fully saturated rings. The topological polar surface area (TPSA) is 53.0 Å². The molecule has 5 heteroatoms. The maximum absolute atomic E-state index is 12.9. The highest BCUT2D eigenvalue weighted by molar-refractivity contribution is 5.75. The van der Waals surface area contributed by atoms with E-state index in [-0.39, 0.29) is 30.8 Å². The lowest BCUT2D eigenvalue weighted by Crippen LogP contribution is -2.53. The minimum atomic E-state index is -0.352. The van der Waals surface area contributed by atoms with Crippen LogP contribution in [0, 0.1) is 0 Å². The largest absolute Gasteiger partial charge is 0.497 e. The number of urea groups is 1. The van der Waals surface area contributed by atoms with E-state index in [2.05, 4.69) is 13.8 Å². The van der Waals surface area contributed by atoms with Crippen LogP contribution in [-0.4, -0.2) is 53.8 Å². The summed E-state index contributed by atoms with van der Waals surface area (Å²) in [7, 11) is 3.38. The van der Waals surface area contributed by atoms with Crippen LogP contribution in [0.4, 0.5) is 4.79 Å². The summed E-state index contributed by atoms with van der Waals surface area (Å²) in [6, 6.07) is 7.60. The van der Waals surface area contributed by atoms with E-state index in [4.69, 9.17) is 4.74 Å². The van der Waals surface area contributed by atoms with Crippen LogP contribution in [0.1, 0.15) is 44.7 Å². The van der Waals surface area contributed by atoms with E-state index < -0.39 is 0 Å². The summed E-state index contributed by atoms with van der Waals surface area (Å²) in [4.78, 5) is 16.5. The lowest BCUT2D eigenvalue weighted by atomic mass is 9.98. The predicted molar refractivity (Wildman–Crippen MR) is 90.6 cm³/mol. The number of benzene rings is 1. The standard InChI is InChI=1S/C18H28N2O3/c1-13-6-5-7-14(2)20(13)18(22)19(3)17(12-21)15-8-10-16(23-4)11-9-15/h8-11,13-14,17,21H,5-7,12H2,1-4H3. The van der Waals surface area contributed by atoms with Gasteiger partial charge in [0.25, 0.3) is 0 Å². The molecule has 2 rings (SSSR count). The normalized spacial score (nSPS) is 22.6. The van der Waals surface area contributed by atoms with Crippen LogP contribution in [-0.2, 0) is 0 Å². The van der Waals surface area contributed by atoms with Crippen molar-refractivity contribution < 1.29 is 14.6 Å². The van der Waals surface area contributed by atoms with Gasteiger partial charge < -0.3 is 19.6 Å². The molecule has 23 heavy (non-hydrogen) atoms. The first-order chi connectivity index (χ1) is 11.0. The number of aliphatic hydroxyl groups is 1. The number of carbonyl (C=O) groups excluding carboxylic acids is 1. The van der Waals surface area contributed by atoms with Crippen LogP contribution in [0.5, 0.6) is 5.75 Å². The van der Waals surface area contributed by atoms with Crippen LogP contribution < -0.4 is 4.74 Å². The van der Waals surface area contributed by atoms with Crippen molar-refractivity contribution in [1.82, 2.24) is 9.80 Å². The molecular weight excluding hydrogens is 292 g/mol. The monoisotopic (exact) mass is 320 g/mol. The molecular formula is C18H28N2O3. The fourth-order valence-corrected chi connectivity index (χ4v) is 3.39. The average molecular weight is 320 g/mol. The van der Waals surface area contributed by atoms with Gasteiger partial charge in [-0.15, -0.1) is 0 Å². The minimum Gasteiger partial charge on any atom is -0.497 e. The van der Waals surface area contributed by atoms with Crippen molar-refractivity contribution >= 4 is 6.03 Å². The Morgan fingerprint density at radius 1 is 1.30 bits per heavy atom. The quantitative estimate of drug-likeness (QED) is 0.928. The Morgan fingerprint density at radius 2 is 1.87 bits per heavy atom.